The maximum Gasteiger partial charge on any atom is 0.141 e. The average molecular weight is 297 g/mol. The van der Waals surface area contributed by atoms with Crippen molar-refractivity contribution < 1.29 is 0 Å². The second kappa shape index (κ2) is 6.24. The Balaban J connectivity index is 2.06. The monoisotopic (exact) mass is 297 g/mol. The number of nitrogens with two attached hydrogens (primary N) is 1. The summed E-state index contributed by atoms with van der Waals surface area (Å²) < 4.78 is 1.27. The van der Waals surface area contributed by atoms with Crippen LogP contribution in [0.3, 0.4) is 0 Å². The summed E-state index contributed by atoms with van der Waals surface area (Å²) in [6.45, 7) is 3.66. The molecule has 2 N–H and O–H groups in total. The summed E-state index contributed by atoms with van der Waals surface area (Å²) >= 11 is 1.75. The maximum absolute atomic E-state index is 5.70. The van der Waals surface area contributed by atoms with E-state index in [1.807, 2.05) is 6.20 Å². The molecule has 4 heteroatoms. The highest BCUT2D eigenvalue weighted by Gasteiger charge is 2.14. The van der Waals surface area contributed by atoms with E-state index >= 15 is 0 Å². The van der Waals surface area contributed by atoms with E-state index in [2.05, 4.69) is 58.6 Å². The maximum atomic E-state index is 5.70. The fourth-order valence-electron chi connectivity index (χ4n) is 2.43. The summed E-state index contributed by atoms with van der Waals surface area (Å²) in [4.78, 5) is 6.89. The third-order valence-corrected chi connectivity index (χ3v) is 4.43. The average Bonchev–Trinajstić information content (AvgIpc) is 2.98. The molecule has 0 saturated heterocycles. The van der Waals surface area contributed by atoms with Gasteiger partial charge >= 0.3 is 0 Å². The molecule has 0 unspecified atom stereocenters. The second-order valence-electron chi connectivity index (χ2n) is 5.10. The van der Waals surface area contributed by atoms with E-state index in [1.165, 1.54) is 21.3 Å². The van der Waals surface area contributed by atoms with Crippen LogP contribution < -0.4 is 10.6 Å². The first kappa shape index (κ1) is 14.0. The van der Waals surface area contributed by atoms with E-state index in [0.29, 0.717) is 6.54 Å². The number of fused-ring (bicyclic) bond motifs is 1. The number of pyridine rings is 1. The van der Waals surface area contributed by atoms with Gasteiger partial charge in [-0.05, 0) is 49.5 Å². The molecule has 2 heterocycles. The zero-order valence-corrected chi connectivity index (χ0v) is 12.9. The number of rotatable bonds is 5. The Hall–Kier alpha value is -1.91. The lowest BCUT2D eigenvalue weighted by Gasteiger charge is -2.24. The van der Waals surface area contributed by atoms with Crippen LogP contribution in [0.2, 0.25) is 0 Å². The SMILES string of the molecule is Cc1ccc(N(CCCN)c2nccc3sccc23)cc1. The molecule has 0 amide bonds. The third kappa shape index (κ3) is 2.91. The van der Waals surface area contributed by atoms with Crippen LogP contribution in [-0.4, -0.2) is 18.1 Å². The zero-order valence-electron chi connectivity index (χ0n) is 12.1. The van der Waals surface area contributed by atoms with E-state index in [0.717, 1.165) is 18.8 Å². The van der Waals surface area contributed by atoms with Crippen molar-refractivity contribution in [1.82, 2.24) is 4.98 Å². The minimum atomic E-state index is 0.683. The Kier molecular flexibility index (Phi) is 4.18. The van der Waals surface area contributed by atoms with Crippen LogP contribution >= 0.6 is 11.3 Å². The number of nitrogens with zero attached hydrogens (tertiary/aromatic N) is 2. The number of benzene rings is 1. The summed E-state index contributed by atoms with van der Waals surface area (Å²) in [6, 6.07) is 12.8. The van der Waals surface area contributed by atoms with Gasteiger partial charge in [-0.2, -0.15) is 0 Å². The summed E-state index contributed by atoms with van der Waals surface area (Å²) in [5.74, 6) is 1.02. The van der Waals surface area contributed by atoms with E-state index in [1.54, 1.807) is 11.3 Å². The molecule has 0 fully saturated rings. The van der Waals surface area contributed by atoms with Gasteiger partial charge in [-0.3, -0.25) is 0 Å². The topological polar surface area (TPSA) is 42.1 Å². The molecule has 21 heavy (non-hydrogen) atoms. The van der Waals surface area contributed by atoms with Crippen molar-refractivity contribution in [3.63, 3.8) is 0 Å². The molecule has 0 radical (unpaired) electrons. The van der Waals surface area contributed by atoms with Crippen molar-refractivity contribution >= 4 is 32.9 Å². The predicted octanol–water partition coefficient (Wildman–Crippen LogP) is 4.09. The van der Waals surface area contributed by atoms with Crippen molar-refractivity contribution in [2.24, 2.45) is 5.73 Å². The van der Waals surface area contributed by atoms with Crippen molar-refractivity contribution in [3.8, 4) is 0 Å². The lowest BCUT2D eigenvalue weighted by Crippen LogP contribution is -2.22. The number of thiophene rings is 1. The number of hydrogen-bond donors (Lipinski definition) is 1. The number of aryl methyl sites for hydroxylation is 1. The fraction of sp³-hybridized carbons (Fsp3) is 0.235. The van der Waals surface area contributed by atoms with Crippen molar-refractivity contribution in [1.29, 1.82) is 0 Å². The van der Waals surface area contributed by atoms with Gasteiger partial charge in [0.2, 0.25) is 0 Å². The van der Waals surface area contributed by atoms with Gasteiger partial charge in [0, 0.05) is 28.5 Å². The van der Waals surface area contributed by atoms with Gasteiger partial charge < -0.3 is 10.6 Å². The molecular formula is C17H19N3S. The van der Waals surface area contributed by atoms with Crippen LogP contribution in [0.15, 0.2) is 48.0 Å². The molecule has 0 aliphatic heterocycles. The third-order valence-electron chi connectivity index (χ3n) is 3.55. The summed E-state index contributed by atoms with van der Waals surface area (Å²) in [5.41, 5.74) is 8.13. The molecule has 0 aliphatic rings. The van der Waals surface area contributed by atoms with E-state index in [9.17, 15) is 0 Å². The first-order chi connectivity index (χ1) is 10.3. The van der Waals surface area contributed by atoms with Crippen LogP contribution in [0.25, 0.3) is 10.1 Å². The molecular weight excluding hydrogens is 278 g/mol. The Morgan fingerprint density at radius 1 is 1.14 bits per heavy atom. The van der Waals surface area contributed by atoms with Crippen molar-refractivity contribution in [3.05, 3.63) is 53.5 Å². The van der Waals surface area contributed by atoms with Crippen LogP contribution in [0, 0.1) is 6.92 Å². The first-order valence-corrected chi connectivity index (χ1v) is 8.04. The first-order valence-electron chi connectivity index (χ1n) is 7.16. The van der Waals surface area contributed by atoms with Crippen LogP contribution in [0.1, 0.15) is 12.0 Å². The minimum Gasteiger partial charge on any atom is -0.330 e. The second-order valence-corrected chi connectivity index (χ2v) is 6.04. The van der Waals surface area contributed by atoms with E-state index in [4.69, 9.17) is 5.73 Å². The summed E-state index contributed by atoms with van der Waals surface area (Å²) in [7, 11) is 0. The summed E-state index contributed by atoms with van der Waals surface area (Å²) in [6.07, 6.45) is 2.83. The van der Waals surface area contributed by atoms with Crippen molar-refractivity contribution in [2.75, 3.05) is 18.0 Å². The van der Waals surface area contributed by atoms with Gasteiger partial charge in [-0.1, -0.05) is 17.7 Å². The molecule has 108 valence electrons. The molecule has 0 spiro atoms. The van der Waals surface area contributed by atoms with Crippen LogP contribution in [0.4, 0.5) is 11.5 Å². The molecule has 3 aromatic rings. The lowest BCUT2D eigenvalue weighted by molar-refractivity contribution is 0.812. The molecule has 0 atom stereocenters. The predicted molar refractivity (Wildman–Crippen MR) is 91.5 cm³/mol. The zero-order chi connectivity index (χ0) is 14.7. The van der Waals surface area contributed by atoms with Gasteiger partial charge in [-0.25, -0.2) is 4.98 Å². The number of anilines is 2. The Bertz CT molecular complexity index is 718. The highest BCUT2D eigenvalue weighted by Crippen LogP contribution is 2.32. The highest BCUT2D eigenvalue weighted by atomic mass is 32.1. The number of hydrogen-bond acceptors (Lipinski definition) is 4. The van der Waals surface area contributed by atoms with Crippen LogP contribution in [0.5, 0.6) is 0 Å². The summed E-state index contributed by atoms with van der Waals surface area (Å²) in [5, 5.41) is 3.33. The van der Waals surface area contributed by atoms with Gasteiger partial charge in [-0.15, -0.1) is 11.3 Å². The quantitative estimate of drug-likeness (QED) is 0.771. The fourth-order valence-corrected chi connectivity index (χ4v) is 3.20. The Labute approximate surface area is 129 Å². The molecule has 2 aromatic heterocycles. The van der Waals surface area contributed by atoms with E-state index < -0.39 is 0 Å². The smallest absolute Gasteiger partial charge is 0.141 e. The Morgan fingerprint density at radius 3 is 2.71 bits per heavy atom. The highest BCUT2D eigenvalue weighted by molar-refractivity contribution is 7.17. The van der Waals surface area contributed by atoms with Gasteiger partial charge in [0.15, 0.2) is 0 Å². The molecule has 0 saturated carbocycles. The standard InChI is InChI=1S/C17H19N3S/c1-13-3-5-14(6-4-13)20(11-2-9-18)17-15-8-12-21-16(15)7-10-19-17/h3-8,10,12H,2,9,11,18H2,1H3. The van der Waals surface area contributed by atoms with Gasteiger partial charge in [0.25, 0.3) is 0 Å². The molecule has 0 bridgehead atoms. The number of aromatic nitrogens is 1. The lowest BCUT2D eigenvalue weighted by atomic mass is 10.2. The van der Waals surface area contributed by atoms with Crippen molar-refractivity contribution in [2.45, 2.75) is 13.3 Å². The van der Waals surface area contributed by atoms with Crippen LogP contribution in [-0.2, 0) is 0 Å². The molecule has 1 aromatic carbocycles. The molecule has 3 nitrogen and oxygen atoms in total. The Morgan fingerprint density at radius 2 is 1.95 bits per heavy atom. The normalized spacial score (nSPS) is 11.0. The minimum absolute atomic E-state index is 0.683. The largest absolute Gasteiger partial charge is 0.330 e. The van der Waals surface area contributed by atoms with Gasteiger partial charge in [0.1, 0.15) is 5.82 Å². The van der Waals surface area contributed by atoms with E-state index in [-0.39, 0.29) is 0 Å². The molecule has 0 aliphatic carbocycles. The molecule has 3 rings (SSSR count). The van der Waals surface area contributed by atoms with Gasteiger partial charge in [0.05, 0.1) is 0 Å².